The number of nitrogens with one attached hydrogen (secondary N) is 1. The van der Waals surface area contributed by atoms with E-state index in [0.717, 1.165) is 22.3 Å². The highest BCUT2D eigenvalue weighted by atomic mass is 32.2. The number of allylic oxidation sites excluding steroid dienone is 2. The van der Waals surface area contributed by atoms with E-state index in [4.69, 9.17) is 11.1 Å². The summed E-state index contributed by atoms with van der Waals surface area (Å²) in [6.45, 7) is 7.55. The summed E-state index contributed by atoms with van der Waals surface area (Å²) in [6.07, 6.45) is 4.38. The van der Waals surface area contributed by atoms with Gasteiger partial charge < -0.3 is 5.73 Å². The number of rotatable bonds is 3. The lowest BCUT2D eigenvalue weighted by Crippen LogP contribution is -2.17. The molecule has 0 aromatic heterocycles. The molecule has 0 atom stereocenters. The fourth-order valence-electron chi connectivity index (χ4n) is 2.79. The maximum absolute atomic E-state index is 13.1. The van der Waals surface area contributed by atoms with Crippen molar-refractivity contribution in [2.45, 2.75) is 45.4 Å². The van der Waals surface area contributed by atoms with Gasteiger partial charge in [-0.05, 0) is 68.9 Å². The minimum atomic E-state index is -3.57. The summed E-state index contributed by atoms with van der Waals surface area (Å²) in [5, 5.41) is 7.51. The second-order valence-corrected chi connectivity index (χ2v) is 7.75. The Hall–Kier alpha value is -1.88. The van der Waals surface area contributed by atoms with Gasteiger partial charge in [-0.25, -0.2) is 8.42 Å². The Morgan fingerprint density at radius 1 is 1.14 bits per heavy atom. The third-order valence-corrected chi connectivity index (χ3v) is 6.46. The molecule has 0 amide bonds. The van der Waals surface area contributed by atoms with E-state index >= 15 is 0 Å². The van der Waals surface area contributed by atoms with Crippen LogP contribution in [0.3, 0.4) is 0 Å². The molecule has 4 nitrogen and oxygen atoms in total. The first-order chi connectivity index (χ1) is 10.2. The van der Waals surface area contributed by atoms with E-state index in [1.807, 2.05) is 39.8 Å². The number of hydrogen-bond acceptors (Lipinski definition) is 3. The lowest BCUT2D eigenvalue weighted by atomic mass is 10.0. The molecular weight excluding hydrogens is 296 g/mol. The third-order valence-electron chi connectivity index (χ3n) is 4.29. The van der Waals surface area contributed by atoms with E-state index in [1.165, 1.54) is 6.08 Å². The minimum absolute atomic E-state index is 0.0960. The summed E-state index contributed by atoms with van der Waals surface area (Å²) in [4.78, 5) is 0.748. The highest BCUT2D eigenvalue weighted by Gasteiger charge is 2.27. The molecule has 1 aliphatic rings. The Balaban J connectivity index is 2.67. The van der Waals surface area contributed by atoms with Crippen molar-refractivity contribution >= 4 is 15.7 Å². The minimum Gasteiger partial charge on any atom is -0.384 e. The van der Waals surface area contributed by atoms with Crippen molar-refractivity contribution in [3.8, 4) is 0 Å². The molecule has 0 heterocycles. The Bertz CT molecular complexity index is 789. The van der Waals surface area contributed by atoms with E-state index in [1.54, 1.807) is 0 Å². The summed E-state index contributed by atoms with van der Waals surface area (Å²) in [7, 11) is -3.57. The summed E-state index contributed by atoms with van der Waals surface area (Å²) < 4.78 is 26.2. The summed E-state index contributed by atoms with van der Waals surface area (Å²) in [6, 6.07) is 2.01. The molecule has 5 heteroatoms. The van der Waals surface area contributed by atoms with Crippen LogP contribution in [-0.2, 0) is 9.84 Å². The molecule has 0 unspecified atom stereocenters. The van der Waals surface area contributed by atoms with Gasteiger partial charge in [0.25, 0.3) is 0 Å². The van der Waals surface area contributed by atoms with Gasteiger partial charge in [0.2, 0.25) is 9.84 Å². The van der Waals surface area contributed by atoms with Crippen molar-refractivity contribution in [3.63, 3.8) is 0 Å². The van der Waals surface area contributed by atoms with E-state index < -0.39 is 9.84 Å². The van der Waals surface area contributed by atoms with E-state index in [-0.39, 0.29) is 5.84 Å². The van der Waals surface area contributed by atoms with Crippen LogP contribution in [0.5, 0.6) is 0 Å². The zero-order chi connectivity index (χ0) is 16.7. The van der Waals surface area contributed by atoms with Gasteiger partial charge in [-0.15, -0.1) is 0 Å². The van der Waals surface area contributed by atoms with Crippen LogP contribution in [0.2, 0.25) is 0 Å². The van der Waals surface area contributed by atoms with Crippen LogP contribution in [0.1, 0.15) is 35.1 Å². The van der Waals surface area contributed by atoms with Crippen molar-refractivity contribution in [3.05, 3.63) is 51.0 Å². The molecule has 1 aromatic rings. The van der Waals surface area contributed by atoms with Crippen molar-refractivity contribution in [1.82, 2.24) is 0 Å². The summed E-state index contributed by atoms with van der Waals surface area (Å²) in [5.41, 5.74) is 9.52. The van der Waals surface area contributed by atoms with Crippen LogP contribution < -0.4 is 5.73 Å². The fourth-order valence-corrected chi connectivity index (χ4v) is 4.85. The molecule has 118 valence electrons. The first kappa shape index (κ1) is 16.5. The number of sulfone groups is 1. The van der Waals surface area contributed by atoms with Crippen LogP contribution in [0.25, 0.3) is 0 Å². The molecule has 2 rings (SSSR count). The van der Waals surface area contributed by atoms with Crippen molar-refractivity contribution in [2.24, 2.45) is 5.73 Å². The number of amidine groups is 1. The Morgan fingerprint density at radius 3 is 2.18 bits per heavy atom. The molecule has 0 spiro atoms. The lowest BCUT2D eigenvalue weighted by Gasteiger charge is -2.19. The van der Waals surface area contributed by atoms with Crippen LogP contribution in [0.15, 0.2) is 33.6 Å². The molecule has 22 heavy (non-hydrogen) atoms. The van der Waals surface area contributed by atoms with E-state index in [2.05, 4.69) is 0 Å². The summed E-state index contributed by atoms with van der Waals surface area (Å²) in [5.74, 6) is -0.0960. The van der Waals surface area contributed by atoms with Crippen LogP contribution in [-0.4, -0.2) is 14.3 Å². The standard InChI is InChI=1S/C17H22N2O2S/c1-10-8-11(2)13(4)16(12(10)3)22(20,21)15-7-5-6-14(9-15)17(18)19/h6,8-9H,5,7H2,1-4H3,(H3,18,19). The first-order valence-electron chi connectivity index (χ1n) is 7.24. The molecule has 1 aliphatic carbocycles. The molecule has 0 saturated carbocycles. The van der Waals surface area contributed by atoms with Crippen LogP contribution in [0.4, 0.5) is 0 Å². The van der Waals surface area contributed by atoms with Gasteiger partial charge in [0.15, 0.2) is 0 Å². The average molecular weight is 318 g/mol. The van der Waals surface area contributed by atoms with Gasteiger partial charge in [-0.2, -0.15) is 0 Å². The molecule has 0 fully saturated rings. The highest BCUT2D eigenvalue weighted by Crippen LogP contribution is 2.34. The van der Waals surface area contributed by atoms with Crippen molar-refractivity contribution in [1.29, 1.82) is 5.41 Å². The second-order valence-electron chi connectivity index (χ2n) is 5.82. The molecule has 0 bridgehead atoms. The molecular formula is C17H22N2O2S. The SMILES string of the molecule is Cc1cc(C)c(C)c(S(=O)(=O)C2=CC(C(=N)N)=CCC2)c1C. The number of benzene rings is 1. The van der Waals surface area contributed by atoms with Crippen molar-refractivity contribution in [2.75, 3.05) is 0 Å². The lowest BCUT2D eigenvalue weighted by molar-refractivity contribution is 0.598. The largest absolute Gasteiger partial charge is 0.384 e. The topological polar surface area (TPSA) is 84.0 Å². The monoisotopic (exact) mass is 318 g/mol. The molecule has 0 saturated heterocycles. The predicted octanol–water partition coefficient (Wildman–Crippen LogP) is 3.23. The smallest absolute Gasteiger partial charge is 0.203 e. The number of hydrogen-bond donors (Lipinski definition) is 2. The predicted molar refractivity (Wildman–Crippen MR) is 89.9 cm³/mol. The zero-order valence-corrected chi connectivity index (χ0v) is 14.3. The molecule has 3 N–H and O–H groups in total. The Labute approximate surface area is 132 Å². The van der Waals surface area contributed by atoms with E-state index in [9.17, 15) is 8.42 Å². The first-order valence-corrected chi connectivity index (χ1v) is 8.72. The maximum Gasteiger partial charge on any atom is 0.203 e. The highest BCUT2D eigenvalue weighted by molar-refractivity contribution is 7.95. The van der Waals surface area contributed by atoms with Crippen LogP contribution in [0, 0.1) is 33.1 Å². The maximum atomic E-state index is 13.1. The van der Waals surface area contributed by atoms with Gasteiger partial charge in [0, 0.05) is 5.57 Å². The quantitative estimate of drug-likeness (QED) is 0.663. The van der Waals surface area contributed by atoms with E-state index in [0.29, 0.717) is 28.2 Å². The van der Waals surface area contributed by atoms with Gasteiger partial charge in [-0.1, -0.05) is 12.1 Å². The van der Waals surface area contributed by atoms with Gasteiger partial charge >= 0.3 is 0 Å². The van der Waals surface area contributed by atoms with Crippen LogP contribution >= 0.6 is 0 Å². The second kappa shape index (κ2) is 5.72. The van der Waals surface area contributed by atoms with Gasteiger partial charge in [-0.3, -0.25) is 5.41 Å². The normalized spacial score (nSPS) is 15.3. The Kier molecular flexibility index (Phi) is 4.29. The third kappa shape index (κ3) is 2.73. The number of aryl methyl sites for hydroxylation is 2. The fraction of sp³-hybridized carbons (Fsp3) is 0.353. The number of nitrogens with two attached hydrogens (primary N) is 1. The molecule has 0 radical (unpaired) electrons. The zero-order valence-electron chi connectivity index (χ0n) is 13.4. The van der Waals surface area contributed by atoms with Gasteiger partial charge in [0.1, 0.15) is 5.84 Å². The average Bonchev–Trinajstić information content (AvgIpc) is 2.45. The van der Waals surface area contributed by atoms with Crippen molar-refractivity contribution < 1.29 is 8.42 Å². The summed E-state index contributed by atoms with van der Waals surface area (Å²) >= 11 is 0. The Morgan fingerprint density at radius 2 is 1.68 bits per heavy atom. The van der Waals surface area contributed by atoms with Gasteiger partial charge in [0.05, 0.1) is 9.80 Å². The molecule has 0 aliphatic heterocycles. The molecule has 1 aromatic carbocycles.